The van der Waals surface area contributed by atoms with Gasteiger partial charge in [0.05, 0.1) is 0 Å². The fraction of sp³-hybridized carbons (Fsp3) is 0.300. The average molecular weight is 197 g/mol. The molecule has 3 heteroatoms. The van der Waals surface area contributed by atoms with Crippen molar-refractivity contribution in [3.8, 4) is 0 Å². The summed E-state index contributed by atoms with van der Waals surface area (Å²) in [6, 6.07) is 3.98. The Balaban J connectivity index is 2.45. The predicted octanol–water partition coefficient (Wildman–Crippen LogP) is 2.23. The maximum Gasteiger partial charge on any atom is 0.0417 e. The van der Waals surface area contributed by atoms with Crippen LogP contribution < -0.4 is 5.32 Å². The highest BCUT2D eigenvalue weighted by molar-refractivity contribution is 6.29. The van der Waals surface area contributed by atoms with Gasteiger partial charge >= 0.3 is 0 Å². The molecule has 1 aromatic heterocycles. The molecule has 0 saturated carbocycles. The molecule has 0 aromatic carbocycles. The molecular weight excluding hydrogens is 184 g/mol. The van der Waals surface area contributed by atoms with Crippen molar-refractivity contribution in [1.82, 2.24) is 10.3 Å². The molecular formula is C10H13ClN2. The Bertz CT molecular complexity index is 297. The van der Waals surface area contributed by atoms with E-state index in [2.05, 4.69) is 16.9 Å². The van der Waals surface area contributed by atoms with E-state index in [1.165, 1.54) is 5.56 Å². The number of rotatable bonds is 4. The predicted molar refractivity (Wildman–Crippen MR) is 55.7 cm³/mol. The van der Waals surface area contributed by atoms with Gasteiger partial charge in [0.1, 0.15) is 0 Å². The standard InChI is InChI=1S/C10H13ClN2/c1-8(11)6-12-7-10-4-3-5-13-9(10)2/h3-5,12H,1,6-7H2,2H3. The molecule has 0 fully saturated rings. The number of aromatic nitrogens is 1. The van der Waals surface area contributed by atoms with Gasteiger partial charge in [0, 0.05) is 30.0 Å². The van der Waals surface area contributed by atoms with Crippen LogP contribution in [-0.4, -0.2) is 11.5 Å². The Morgan fingerprint density at radius 1 is 1.69 bits per heavy atom. The largest absolute Gasteiger partial charge is 0.308 e. The zero-order valence-corrected chi connectivity index (χ0v) is 8.43. The second-order valence-electron chi connectivity index (χ2n) is 2.87. The Morgan fingerprint density at radius 2 is 2.46 bits per heavy atom. The second-order valence-corrected chi connectivity index (χ2v) is 3.40. The number of nitrogens with one attached hydrogen (secondary N) is 1. The quantitative estimate of drug-likeness (QED) is 0.799. The maximum atomic E-state index is 5.61. The molecule has 1 heterocycles. The first-order valence-corrected chi connectivity index (χ1v) is 4.52. The number of hydrogen-bond acceptors (Lipinski definition) is 2. The molecule has 0 aliphatic heterocycles. The zero-order valence-electron chi connectivity index (χ0n) is 7.68. The van der Waals surface area contributed by atoms with E-state index in [-0.39, 0.29) is 0 Å². The highest BCUT2D eigenvalue weighted by Crippen LogP contribution is 2.03. The van der Waals surface area contributed by atoms with Crippen molar-refractivity contribution < 1.29 is 0 Å². The fourth-order valence-corrected chi connectivity index (χ4v) is 1.13. The molecule has 1 N–H and O–H groups in total. The third-order valence-electron chi connectivity index (χ3n) is 1.75. The van der Waals surface area contributed by atoms with Crippen LogP contribution in [0.15, 0.2) is 29.9 Å². The molecule has 0 aliphatic rings. The van der Waals surface area contributed by atoms with E-state index in [0.29, 0.717) is 11.6 Å². The molecule has 2 nitrogen and oxygen atoms in total. The number of pyridine rings is 1. The van der Waals surface area contributed by atoms with E-state index >= 15 is 0 Å². The van der Waals surface area contributed by atoms with Crippen molar-refractivity contribution in [2.24, 2.45) is 0 Å². The van der Waals surface area contributed by atoms with E-state index in [9.17, 15) is 0 Å². The van der Waals surface area contributed by atoms with Crippen molar-refractivity contribution in [3.05, 3.63) is 41.2 Å². The molecule has 0 amide bonds. The molecule has 1 rings (SSSR count). The van der Waals surface area contributed by atoms with Gasteiger partial charge < -0.3 is 5.32 Å². The van der Waals surface area contributed by atoms with Crippen molar-refractivity contribution in [1.29, 1.82) is 0 Å². The highest BCUT2D eigenvalue weighted by atomic mass is 35.5. The van der Waals surface area contributed by atoms with Gasteiger partial charge in [-0.15, -0.1) is 0 Å². The van der Waals surface area contributed by atoms with Gasteiger partial charge in [0.2, 0.25) is 0 Å². The van der Waals surface area contributed by atoms with E-state index in [0.717, 1.165) is 12.2 Å². The Kier molecular flexibility index (Phi) is 3.93. The summed E-state index contributed by atoms with van der Waals surface area (Å²) in [7, 11) is 0. The lowest BCUT2D eigenvalue weighted by Crippen LogP contribution is -2.15. The van der Waals surface area contributed by atoms with Crippen LogP contribution in [0.4, 0.5) is 0 Å². The fourth-order valence-electron chi connectivity index (χ4n) is 1.04. The van der Waals surface area contributed by atoms with Gasteiger partial charge in [-0.1, -0.05) is 24.2 Å². The van der Waals surface area contributed by atoms with Crippen LogP contribution in [0.1, 0.15) is 11.3 Å². The van der Waals surface area contributed by atoms with Crippen molar-refractivity contribution in [3.63, 3.8) is 0 Å². The summed E-state index contributed by atoms with van der Waals surface area (Å²) in [5.74, 6) is 0. The van der Waals surface area contributed by atoms with Crippen LogP contribution in [0, 0.1) is 6.92 Å². The third kappa shape index (κ3) is 3.57. The van der Waals surface area contributed by atoms with Crippen LogP contribution in [0.5, 0.6) is 0 Å². The molecule has 0 aliphatic carbocycles. The first-order valence-electron chi connectivity index (χ1n) is 4.14. The number of halogens is 1. The van der Waals surface area contributed by atoms with Gasteiger partial charge in [-0.3, -0.25) is 4.98 Å². The summed E-state index contributed by atoms with van der Waals surface area (Å²) in [5, 5.41) is 3.80. The minimum Gasteiger partial charge on any atom is -0.308 e. The zero-order chi connectivity index (χ0) is 9.68. The molecule has 0 bridgehead atoms. The van der Waals surface area contributed by atoms with Gasteiger partial charge in [-0.25, -0.2) is 0 Å². The molecule has 0 saturated heterocycles. The molecule has 70 valence electrons. The lowest BCUT2D eigenvalue weighted by atomic mass is 10.2. The van der Waals surface area contributed by atoms with Crippen molar-refractivity contribution >= 4 is 11.6 Å². The summed E-state index contributed by atoms with van der Waals surface area (Å²) < 4.78 is 0. The van der Waals surface area contributed by atoms with Gasteiger partial charge in [0.15, 0.2) is 0 Å². The maximum absolute atomic E-state index is 5.61. The van der Waals surface area contributed by atoms with E-state index < -0.39 is 0 Å². The van der Waals surface area contributed by atoms with Crippen LogP contribution in [0.25, 0.3) is 0 Å². The molecule has 0 unspecified atom stereocenters. The monoisotopic (exact) mass is 196 g/mol. The van der Waals surface area contributed by atoms with Gasteiger partial charge in [0.25, 0.3) is 0 Å². The number of aryl methyl sites for hydroxylation is 1. The first-order chi connectivity index (χ1) is 6.20. The number of nitrogens with zero attached hydrogens (tertiary/aromatic N) is 1. The van der Waals surface area contributed by atoms with E-state index in [1.54, 1.807) is 6.20 Å². The molecule has 0 spiro atoms. The molecule has 0 atom stereocenters. The molecule has 13 heavy (non-hydrogen) atoms. The first kappa shape index (κ1) is 10.2. The summed E-state index contributed by atoms with van der Waals surface area (Å²) >= 11 is 5.61. The summed E-state index contributed by atoms with van der Waals surface area (Å²) in [6.07, 6.45) is 1.79. The van der Waals surface area contributed by atoms with Gasteiger partial charge in [-0.2, -0.15) is 0 Å². The van der Waals surface area contributed by atoms with E-state index in [1.807, 2.05) is 19.1 Å². The Morgan fingerprint density at radius 3 is 3.08 bits per heavy atom. The highest BCUT2D eigenvalue weighted by Gasteiger charge is 1.96. The average Bonchev–Trinajstić information content (AvgIpc) is 2.08. The summed E-state index contributed by atoms with van der Waals surface area (Å²) in [6.45, 7) is 7.01. The Labute approximate surface area is 83.6 Å². The minimum absolute atomic E-state index is 0.626. The lowest BCUT2D eigenvalue weighted by Gasteiger charge is -2.05. The minimum atomic E-state index is 0.626. The SMILES string of the molecule is C=C(Cl)CNCc1cccnc1C. The summed E-state index contributed by atoms with van der Waals surface area (Å²) in [5.41, 5.74) is 2.25. The van der Waals surface area contributed by atoms with Crippen LogP contribution in [-0.2, 0) is 6.54 Å². The van der Waals surface area contributed by atoms with E-state index in [4.69, 9.17) is 11.6 Å². The Hall–Kier alpha value is -0.860. The van der Waals surface area contributed by atoms with Gasteiger partial charge in [-0.05, 0) is 18.6 Å². The smallest absolute Gasteiger partial charge is 0.0417 e. The normalized spacial score (nSPS) is 10.0. The second kappa shape index (κ2) is 5.00. The lowest BCUT2D eigenvalue weighted by molar-refractivity contribution is 0.746. The molecule has 1 aromatic rings. The topological polar surface area (TPSA) is 24.9 Å². The van der Waals surface area contributed by atoms with Crippen LogP contribution >= 0.6 is 11.6 Å². The van der Waals surface area contributed by atoms with Crippen LogP contribution in [0.3, 0.4) is 0 Å². The third-order valence-corrected chi connectivity index (χ3v) is 1.88. The van der Waals surface area contributed by atoms with Crippen LogP contribution in [0.2, 0.25) is 0 Å². The molecule has 0 radical (unpaired) electrons. The summed E-state index contributed by atoms with van der Waals surface area (Å²) in [4.78, 5) is 4.18. The number of hydrogen-bond donors (Lipinski definition) is 1. The van der Waals surface area contributed by atoms with Crippen molar-refractivity contribution in [2.45, 2.75) is 13.5 Å². The van der Waals surface area contributed by atoms with Crippen molar-refractivity contribution in [2.75, 3.05) is 6.54 Å².